The van der Waals surface area contributed by atoms with Gasteiger partial charge in [0.1, 0.15) is 31.6 Å². The predicted octanol–water partition coefficient (Wildman–Crippen LogP) is 5.18. The van der Waals surface area contributed by atoms with Crippen molar-refractivity contribution in [2.24, 2.45) is 28.7 Å². The van der Waals surface area contributed by atoms with E-state index in [0.29, 0.717) is 0 Å². The Kier molecular flexibility index (Phi) is 18.6. The number of nitrogens with one attached hydrogen (secondary N) is 1. The third-order valence-corrected chi connectivity index (χ3v) is 9.08. The Morgan fingerprint density at radius 1 is 0.736 bits per heavy atom. The summed E-state index contributed by atoms with van der Waals surface area (Å²) >= 11 is 16.6. The second-order valence-electron chi connectivity index (χ2n) is 12.7. The average Bonchev–Trinajstić information content (AvgIpc) is 3.07. The number of alkyl carbamates (subject to hydrolysis) is 1. The summed E-state index contributed by atoms with van der Waals surface area (Å²) in [6, 6.07) is 6.42. The number of aliphatic imine (C=N–C) groups is 1. The number of hydrogen-bond acceptors (Lipinski definition) is 14. The van der Waals surface area contributed by atoms with Gasteiger partial charge in [-0.3, -0.25) is 24.2 Å². The van der Waals surface area contributed by atoms with Gasteiger partial charge in [-0.05, 0) is 53.5 Å². The van der Waals surface area contributed by atoms with Crippen LogP contribution in [-0.2, 0) is 52.3 Å². The molecule has 1 amide bonds. The molecule has 1 aromatic carbocycles. The van der Waals surface area contributed by atoms with Crippen molar-refractivity contribution in [1.29, 1.82) is 0 Å². The van der Waals surface area contributed by atoms with Crippen LogP contribution in [0.3, 0.4) is 0 Å². The summed E-state index contributed by atoms with van der Waals surface area (Å²) < 4.78 is 40.5. The van der Waals surface area contributed by atoms with E-state index in [0.717, 1.165) is 11.3 Å². The van der Waals surface area contributed by atoms with Gasteiger partial charge in [0.2, 0.25) is 16.4 Å². The molecule has 2 aliphatic rings. The van der Waals surface area contributed by atoms with E-state index in [1.807, 2.05) is 52.0 Å². The standard InChI is InChI=1S/C20H27NO6.C15H22Cl3NO7/c1-12-13(2)19(21-10-16-6-8-17(24-5)9-7-16)20(26-15(4)23)27-18(12)11-25-14(3)22;1-7-8(2)12(19-14(22)24-6-15(16,17)18)13(25-10(4)21)26-11(7)5-23-9(3)20/h6-10,12-13,18-20H,11H2,1-5H3;7-8,11-13H,5-6H2,1-4H3,(H,19,22). The second kappa shape index (κ2) is 21.5. The highest BCUT2D eigenvalue weighted by Crippen LogP contribution is 2.34. The van der Waals surface area contributed by atoms with Gasteiger partial charge in [-0.15, -0.1) is 0 Å². The summed E-state index contributed by atoms with van der Waals surface area (Å²) in [5, 5.41) is 2.57. The molecule has 0 aromatic heterocycles. The van der Waals surface area contributed by atoms with Crippen LogP contribution < -0.4 is 10.1 Å². The Morgan fingerprint density at radius 3 is 1.70 bits per heavy atom. The molecule has 18 heteroatoms. The third-order valence-electron chi connectivity index (χ3n) is 8.76. The molecule has 1 aromatic rings. The normalized spacial score (nSPS) is 28.4. The van der Waals surface area contributed by atoms with Crippen LogP contribution in [0.1, 0.15) is 61.0 Å². The van der Waals surface area contributed by atoms with Crippen molar-refractivity contribution in [1.82, 2.24) is 5.32 Å². The maximum absolute atomic E-state index is 12.0. The molecular weight excluding hydrogens is 763 g/mol. The Bertz CT molecular complexity index is 1410. The third kappa shape index (κ3) is 15.9. The summed E-state index contributed by atoms with van der Waals surface area (Å²) in [5.74, 6) is -1.31. The highest BCUT2D eigenvalue weighted by Gasteiger charge is 2.45. The van der Waals surface area contributed by atoms with Gasteiger partial charge in [-0.2, -0.15) is 0 Å². The number of amides is 1. The largest absolute Gasteiger partial charge is 0.497 e. The lowest BCUT2D eigenvalue weighted by Crippen LogP contribution is -2.59. The van der Waals surface area contributed by atoms with Crippen molar-refractivity contribution in [3.05, 3.63) is 29.8 Å². The molecule has 0 spiro atoms. The fourth-order valence-electron chi connectivity index (χ4n) is 5.47. The molecule has 0 aliphatic carbocycles. The number of halogens is 3. The average molecular weight is 812 g/mol. The van der Waals surface area contributed by atoms with Gasteiger partial charge in [0.15, 0.2) is 0 Å². The molecule has 0 saturated carbocycles. The number of hydrogen-bond donors (Lipinski definition) is 1. The van der Waals surface area contributed by atoms with E-state index in [-0.39, 0.29) is 55.0 Å². The molecule has 0 radical (unpaired) electrons. The van der Waals surface area contributed by atoms with Crippen molar-refractivity contribution in [3.8, 4) is 5.75 Å². The smallest absolute Gasteiger partial charge is 0.407 e. The van der Waals surface area contributed by atoms with Crippen LogP contribution in [0.5, 0.6) is 5.75 Å². The number of benzene rings is 1. The minimum atomic E-state index is -1.75. The van der Waals surface area contributed by atoms with Crippen LogP contribution in [0.25, 0.3) is 0 Å². The van der Waals surface area contributed by atoms with Crippen molar-refractivity contribution >= 4 is 71.0 Å². The molecule has 53 heavy (non-hydrogen) atoms. The fraction of sp³-hybridized carbons (Fsp3) is 0.657. The molecule has 15 nitrogen and oxygen atoms in total. The van der Waals surface area contributed by atoms with Crippen LogP contribution in [0, 0.1) is 23.7 Å². The van der Waals surface area contributed by atoms with E-state index in [1.165, 1.54) is 27.7 Å². The zero-order valence-corrected chi connectivity index (χ0v) is 33.4. The van der Waals surface area contributed by atoms with E-state index in [2.05, 4.69) is 10.3 Å². The minimum Gasteiger partial charge on any atom is -0.497 e. The monoisotopic (exact) mass is 810 g/mol. The molecule has 10 atom stereocenters. The number of ether oxygens (including phenoxy) is 8. The summed E-state index contributed by atoms with van der Waals surface area (Å²) in [7, 11) is 1.61. The van der Waals surface area contributed by atoms with Gasteiger partial charge in [0.05, 0.1) is 25.4 Å². The number of nitrogens with zero attached hydrogens (tertiary/aromatic N) is 1. The van der Waals surface area contributed by atoms with Crippen LogP contribution in [0.4, 0.5) is 4.79 Å². The number of esters is 4. The molecule has 2 aliphatic heterocycles. The lowest BCUT2D eigenvalue weighted by Gasteiger charge is -2.43. The van der Waals surface area contributed by atoms with E-state index in [1.54, 1.807) is 13.3 Å². The highest BCUT2D eigenvalue weighted by molar-refractivity contribution is 6.67. The van der Waals surface area contributed by atoms with E-state index < -0.39 is 59.1 Å². The zero-order chi connectivity index (χ0) is 40.0. The zero-order valence-electron chi connectivity index (χ0n) is 31.2. The molecule has 1 N–H and O–H groups in total. The van der Waals surface area contributed by atoms with E-state index in [9.17, 15) is 24.0 Å². The fourth-order valence-corrected chi connectivity index (χ4v) is 5.63. The van der Waals surface area contributed by atoms with Crippen LogP contribution in [-0.4, -0.2) is 104 Å². The molecule has 2 heterocycles. The molecule has 10 unspecified atom stereocenters. The number of carbonyl (C=O) groups is 5. The topological polar surface area (TPSA) is 184 Å². The number of carbonyl (C=O) groups excluding carboxylic acids is 5. The molecule has 2 fully saturated rings. The maximum Gasteiger partial charge on any atom is 0.407 e. The molecular formula is C35H49Cl3N2O13. The van der Waals surface area contributed by atoms with Crippen LogP contribution in [0.2, 0.25) is 0 Å². The molecule has 298 valence electrons. The molecule has 0 bridgehead atoms. The summed E-state index contributed by atoms with van der Waals surface area (Å²) in [4.78, 5) is 61.6. The summed E-state index contributed by atoms with van der Waals surface area (Å²) in [6.45, 7) is 12.6. The van der Waals surface area contributed by atoms with Gasteiger partial charge in [-0.25, -0.2) is 4.79 Å². The van der Waals surface area contributed by atoms with Gasteiger partial charge in [0, 0.05) is 33.9 Å². The Morgan fingerprint density at radius 2 is 1.23 bits per heavy atom. The summed E-state index contributed by atoms with van der Waals surface area (Å²) in [5.41, 5.74) is 0.902. The Balaban J connectivity index is 0.000000367. The van der Waals surface area contributed by atoms with E-state index >= 15 is 0 Å². The Hall–Kier alpha value is -3.37. The SMILES string of the molecule is CC(=O)OCC1OC(OC(C)=O)C(NC(=O)OCC(Cl)(Cl)Cl)C(C)C1C.COc1ccc(C=NC2C(OC(C)=O)OC(COC(C)=O)C(C)C2C)cc1. The van der Waals surface area contributed by atoms with Crippen LogP contribution in [0.15, 0.2) is 29.3 Å². The lowest BCUT2D eigenvalue weighted by atomic mass is 9.82. The van der Waals surface area contributed by atoms with Gasteiger partial charge in [0.25, 0.3) is 0 Å². The summed E-state index contributed by atoms with van der Waals surface area (Å²) in [6.07, 6.45) is -1.89. The van der Waals surface area contributed by atoms with Crippen LogP contribution >= 0.6 is 34.8 Å². The first-order valence-corrected chi connectivity index (χ1v) is 17.9. The first-order valence-electron chi connectivity index (χ1n) is 16.8. The minimum absolute atomic E-state index is 0.00301. The Labute approximate surface area is 324 Å². The molecule has 2 saturated heterocycles. The molecule has 3 rings (SSSR count). The highest BCUT2D eigenvalue weighted by atomic mass is 35.6. The second-order valence-corrected chi connectivity index (χ2v) is 15.3. The maximum atomic E-state index is 12.0. The van der Waals surface area contributed by atoms with Gasteiger partial charge < -0.3 is 43.2 Å². The van der Waals surface area contributed by atoms with Crippen molar-refractivity contribution in [3.63, 3.8) is 0 Å². The number of alkyl halides is 3. The van der Waals surface area contributed by atoms with E-state index in [4.69, 9.17) is 72.7 Å². The quantitative estimate of drug-likeness (QED) is 0.134. The van der Waals surface area contributed by atoms with Crippen molar-refractivity contribution in [2.75, 3.05) is 26.9 Å². The number of rotatable bonds is 11. The first-order chi connectivity index (χ1) is 24.7. The number of methoxy groups -OCH3 is 1. The predicted molar refractivity (Wildman–Crippen MR) is 194 cm³/mol. The van der Waals surface area contributed by atoms with Gasteiger partial charge in [-0.1, -0.05) is 62.5 Å². The first kappa shape index (κ1) is 45.8. The van der Waals surface area contributed by atoms with Crippen molar-refractivity contribution < 1.29 is 61.9 Å². The lowest BCUT2D eigenvalue weighted by molar-refractivity contribution is -0.238. The van der Waals surface area contributed by atoms with Gasteiger partial charge >= 0.3 is 30.0 Å². The van der Waals surface area contributed by atoms with Crippen molar-refractivity contribution in [2.45, 2.75) is 96.1 Å².